The summed E-state index contributed by atoms with van der Waals surface area (Å²) in [7, 11) is 3.17. The first-order chi connectivity index (χ1) is 13.1. The minimum absolute atomic E-state index is 0.263. The molecule has 3 rings (SSSR count). The van der Waals surface area contributed by atoms with E-state index in [1.165, 1.54) is 6.92 Å². The molecule has 0 spiro atoms. The zero-order valence-electron chi connectivity index (χ0n) is 15.1. The monoisotopic (exact) mass is 366 g/mol. The molecule has 0 unspecified atom stereocenters. The Morgan fingerprint density at radius 3 is 2.52 bits per heavy atom. The molecular weight excluding hydrogens is 348 g/mol. The van der Waals surface area contributed by atoms with Gasteiger partial charge < -0.3 is 18.7 Å². The summed E-state index contributed by atoms with van der Waals surface area (Å²) < 4.78 is 21.0. The molecule has 0 atom stereocenters. The van der Waals surface area contributed by atoms with Gasteiger partial charge in [-0.3, -0.25) is 4.79 Å². The molecule has 0 amide bonds. The van der Waals surface area contributed by atoms with Crippen molar-refractivity contribution in [2.24, 2.45) is 0 Å². The average molecular weight is 366 g/mol. The number of benzene rings is 2. The van der Waals surface area contributed by atoms with E-state index in [2.05, 4.69) is 10.1 Å². The van der Waals surface area contributed by atoms with Crippen molar-refractivity contribution >= 4 is 18.1 Å². The number of ether oxygens (including phenoxy) is 3. The molecule has 0 aliphatic rings. The van der Waals surface area contributed by atoms with Gasteiger partial charge in [0.25, 0.3) is 5.89 Å². The van der Waals surface area contributed by atoms with Crippen LogP contribution >= 0.6 is 0 Å². The van der Waals surface area contributed by atoms with Crippen LogP contribution in [0.2, 0.25) is 0 Å². The van der Waals surface area contributed by atoms with Crippen LogP contribution in [0.25, 0.3) is 23.6 Å². The first-order valence-electron chi connectivity index (χ1n) is 8.12. The zero-order chi connectivity index (χ0) is 19.2. The maximum absolute atomic E-state index is 11.2. The second-order valence-corrected chi connectivity index (χ2v) is 5.50. The van der Waals surface area contributed by atoms with Gasteiger partial charge in [-0.25, -0.2) is 0 Å². The Hall–Kier alpha value is -3.61. The lowest BCUT2D eigenvalue weighted by Gasteiger charge is -2.07. The Labute approximate surface area is 156 Å². The summed E-state index contributed by atoms with van der Waals surface area (Å²) in [6, 6.07) is 12.5. The van der Waals surface area contributed by atoms with E-state index in [0.29, 0.717) is 28.6 Å². The van der Waals surface area contributed by atoms with Crippen molar-refractivity contribution in [1.82, 2.24) is 10.1 Å². The molecule has 0 saturated carbocycles. The number of carbonyl (C=O) groups excluding carboxylic acids is 1. The third kappa shape index (κ3) is 4.33. The van der Waals surface area contributed by atoms with Crippen molar-refractivity contribution in [2.45, 2.75) is 6.92 Å². The molecule has 7 nitrogen and oxygen atoms in total. The first-order valence-corrected chi connectivity index (χ1v) is 8.12. The summed E-state index contributed by atoms with van der Waals surface area (Å²) in [5.74, 6) is 1.87. The predicted octanol–water partition coefficient (Wildman–Crippen LogP) is 3.85. The maximum Gasteiger partial charge on any atom is 0.308 e. The summed E-state index contributed by atoms with van der Waals surface area (Å²) in [5, 5.41) is 3.93. The van der Waals surface area contributed by atoms with Crippen LogP contribution in [-0.2, 0) is 4.79 Å². The molecule has 1 aromatic heterocycles. The molecule has 0 N–H and O–H groups in total. The van der Waals surface area contributed by atoms with E-state index in [0.717, 1.165) is 5.56 Å². The molecule has 0 radical (unpaired) electrons. The Balaban J connectivity index is 1.83. The van der Waals surface area contributed by atoms with Gasteiger partial charge >= 0.3 is 5.97 Å². The van der Waals surface area contributed by atoms with Crippen molar-refractivity contribution in [1.29, 1.82) is 0 Å². The van der Waals surface area contributed by atoms with Crippen LogP contribution in [0.4, 0.5) is 0 Å². The van der Waals surface area contributed by atoms with E-state index in [1.54, 1.807) is 44.6 Å². The van der Waals surface area contributed by atoms with Crippen LogP contribution in [0.5, 0.6) is 17.2 Å². The lowest BCUT2D eigenvalue weighted by atomic mass is 10.2. The van der Waals surface area contributed by atoms with E-state index < -0.39 is 5.97 Å². The molecule has 0 bridgehead atoms. The van der Waals surface area contributed by atoms with E-state index in [1.807, 2.05) is 24.3 Å². The minimum Gasteiger partial charge on any atom is -0.493 e. The van der Waals surface area contributed by atoms with Gasteiger partial charge in [-0.2, -0.15) is 4.98 Å². The van der Waals surface area contributed by atoms with Crippen LogP contribution in [0.1, 0.15) is 18.3 Å². The molecule has 0 fully saturated rings. The van der Waals surface area contributed by atoms with Crippen molar-refractivity contribution in [3.63, 3.8) is 0 Å². The first kappa shape index (κ1) is 18.2. The van der Waals surface area contributed by atoms with Crippen LogP contribution in [0.15, 0.2) is 47.0 Å². The third-order valence-corrected chi connectivity index (χ3v) is 3.65. The molecule has 0 aliphatic heterocycles. The molecule has 2 aromatic carbocycles. The standard InChI is InChI=1S/C20H18N2O5/c1-13(23)26-16-7-5-4-6-15(16)20-21-19(22-27-20)11-9-14-8-10-17(24-2)18(12-14)25-3/h4-12H,1-3H3/b11-9+. The number of hydrogen-bond acceptors (Lipinski definition) is 7. The maximum atomic E-state index is 11.2. The number of carbonyl (C=O) groups is 1. The Morgan fingerprint density at radius 1 is 1.00 bits per heavy atom. The normalized spacial score (nSPS) is 10.8. The number of rotatable bonds is 6. The fraction of sp³-hybridized carbons (Fsp3) is 0.150. The second kappa shape index (κ2) is 8.18. The van der Waals surface area contributed by atoms with Gasteiger partial charge in [-0.15, -0.1) is 0 Å². The summed E-state index contributed by atoms with van der Waals surface area (Å²) in [4.78, 5) is 15.6. The molecule has 138 valence electrons. The lowest BCUT2D eigenvalue weighted by molar-refractivity contribution is -0.131. The lowest BCUT2D eigenvalue weighted by Crippen LogP contribution is -2.02. The molecule has 0 saturated heterocycles. The average Bonchev–Trinajstić information content (AvgIpc) is 3.15. The van der Waals surface area contributed by atoms with Crippen molar-refractivity contribution in [2.75, 3.05) is 14.2 Å². The van der Waals surface area contributed by atoms with Gasteiger partial charge in [0, 0.05) is 6.92 Å². The van der Waals surface area contributed by atoms with Crippen LogP contribution in [0, 0.1) is 0 Å². The molecule has 1 heterocycles. The number of para-hydroxylation sites is 1. The fourth-order valence-corrected chi connectivity index (χ4v) is 2.43. The third-order valence-electron chi connectivity index (χ3n) is 3.65. The summed E-state index contributed by atoms with van der Waals surface area (Å²) >= 11 is 0. The Morgan fingerprint density at radius 2 is 1.78 bits per heavy atom. The number of hydrogen-bond donors (Lipinski definition) is 0. The van der Waals surface area contributed by atoms with Crippen LogP contribution < -0.4 is 14.2 Å². The van der Waals surface area contributed by atoms with Gasteiger partial charge in [0.1, 0.15) is 5.75 Å². The smallest absolute Gasteiger partial charge is 0.308 e. The second-order valence-electron chi connectivity index (χ2n) is 5.50. The van der Waals surface area contributed by atoms with Gasteiger partial charge in [0.05, 0.1) is 19.8 Å². The summed E-state index contributed by atoms with van der Waals surface area (Å²) in [5.41, 5.74) is 1.44. The largest absolute Gasteiger partial charge is 0.493 e. The minimum atomic E-state index is -0.421. The molecule has 7 heteroatoms. The van der Waals surface area contributed by atoms with Gasteiger partial charge in [0.15, 0.2) is 17.3 Å². The highest BCUT2D eigenvalue weighted by Crippen LogP contribution is 2.30. The molecular formula is C20H18N2O5. The summed E-state index contributed by atoms with van der Waals surface area (Å²) in [6.07, 6.45) is 3.54. The van der Waals surface area contributed by atoms with Crippen molar-refractivity contribution in [3.8, 4) is 28.7 Å². The Kier molecular flexibility index (Phi) is 5.51. The summed E-state index contributed by atoms with van der Waals surface area (Å²) in [6.45, 7) is 1.34. The number of esters is 1. The Bertz CT molecular complexity index is 978. The number of methoxy groups -OCH3 is 2. The number of nitrogens with zero attached hydrogens (tertiary/aromatic N) is 2. The van der Waals surface area contributed by atoms with E-state index in [4.69, 9.17) is 18.7 Å². The number of aromatic nitrogens is 2. The van der Waals surface area contributed by atoms with Gasteiger partial charge in [-0.05, 0) is 35.9 Å². The van der Waals surface area contributed by atoms with Gasteiger partial charge in [0.2, 0.25) is 0 Å². The topological polar surface area (TPSA) is 83.7 Å². The van der Waals surface area contributed by atoms with E-state index >= 15 is 0 Å². The van der Waals surface area contributed by atoms with Gasteiger partial charge in [-0.1, -0.05) is 29.4 Å². The van der Waals surface area contributed by atoms with E-state index in [-0.39, 0.29) is 5.89 Å². The fourth-order valence-electron chi connectivity index (χ4n) is 2.43. The van der Waals surface area contributed by atoms with Crippen LogP contribution in [-0.4, -0.2) is 30.3 Å². The predicted molar refractivity (Wildman–Crippen MR) is 99.5 cm³/mol. The van der Waals surface area contributed by atoms with Crippen molar-refractivity contribution in [3.05, 3.63) is 53.9 Å². The zero-order valence-corrected chi connectivity index (χ0v) is 15.1. The van der Waals surface area contributed by atoms with Crippen molar-refractivity contribution < 1.29 is 23.5 Å². The van der Waals surface area contributed by atoms with Crippen LogP contribution in [0.3, 0.4) is 0 Å². The molecule has 3 aromatic rings. The quantitative estimate of drug-likeness (QED) is 0.484. The molecule has 0 aliphatic carbocycles. The molecule has 27 heavy (non-hydrogen) atoms. The highest BCUT2D eigenvalue weighted by Gasteiger charge is 2.14. The highest BCUT2D eigenvalue weighted by molar-refractivity contribution is 5.74. The van der Waals surface area contributed by atoms with E-state index in [9.17, 15) is 4.79 Å². The highest BCUT2D eigenvalue weighted by atomic mass is 16.5. The SMILES string of the molecule is COc1ccc(/C=C/c2noc(-c3ccccc3OC(C)=O)n2)cc1OC.